The fraction of sp³-hybridized carbons (Fsp3) is 0.875. The molecule has 0 aliphatic carbocycles. The highest BCUT2D eigenvalue weighted by atomic mass is 16.1. The Balaban J connectivity index is 3.80. The zero-order valence-corrected chi connectivity index (χ0v) is 7.27. The first-order chi connectivity index (χ1) is 4.33. The molecule has 0 bridgehead atoms. The Hall–Kier alpha value is -0.530. The monoisotopic (exact) mass is 143 g/mol. The van der Waals surface area contributed by atoms with Crippen LogP contribution in [0.1, 0.15) is 34.1 Å². The highest BCUT2D eigenvalue weighted by Crippen LogP contribution is 2.23. The molecule has 2 heteroatoms. The maximum absolute atomic E-state index is 10.6. The van der Waals surface area contributed by atoms with E-state index < -0.39 is 0 Å². The quantitative estimate of drug-likeness (QED) is 0.626. The van der Waals surface area contributed by atoms with Crippen LogP contribution in [0, 0.1) is 11.3 Å². The van der Waals surface area contributed by atoms with Gasteiger partial charge in [-0.2, -0.15) is 0 Å². The minimum atomic E-state index is -0.199. The summed E-state index contributed by atoms with van der Waals surface area (Å²) in [5.74, 6) is -0.199. The Morgan fingerprint density at radius 2 is 1.90 bits per heavy atom. The van der Waals surface area contributed by atoms with Crippen molar-refractivity contribution in [2.24, 2.45) is 17.1 Å². The van der Waals surface area contributed by atoms with Crippen LogP contribution < -0.4 is 5.73 Å². The molecule has 2 nitrogen and oxygen atoms in total. The number of primary amides is 1. The van der Waals surface area contributed by atoms with Crippen molar-refractivity contribution in [3.8, 4) is 0 Å². The van der Waals surface area contributed by atoms with Gasteiger partial charge in [0.05, 0.1) is 0 Å². The highest BCUT2D eigenvalue weighted by molar-refractivity contribution is 5.76. The lowest BCUT2D eigenvalue weighted by Gasteiger charge is -2.20. The molecule has 0 spiro atoms. The Bertz CT molecular complexity index is 124. The second kappa shape index (κ2) is 3.04. The molecular weight excluding hydrogens is 126 g/mol. The van der Waals surface area contributed by atoms with E-state index in [1.54, 1.807) is 0 Å². The maximum atomic E-state index is 10.6. The molecule has 1 atom stereocenters. The first-order valence-corrected chi connectivity index (χ1v) is 3.62. The van der Waals surface area contributed by atoms with E-state index in [9.17, 15) is 4.79 Å². The molecule has 0 heterocycles. The molecule has 0 aliphatic rings. The smallest absolute Gasteiger partial charge is 0.220 e. The summed E-state index contributed by atoms with van der Waals surface area (Å²) >= 11 is 0. The van der Waals surface area contributed by atoms with Gasteiger partial charge in [0.15, 0.2) is 0 Å². The lowest BCUT2D eigenvalue weighted by Crippen LogP contribution is -2.24. The molecule has 0 aromatic carbocycles. The molecule has 1 amide bonds. The molecule has 0 aromatic heterocycles. The predicted octanol–water partition coefficient (Wildman–Crippen LogP) is 1.54. The van der Waals surface area contributed by atoms with E-state index in [-0.39, 0.29) is 17.2 Å². The molecular formula is C8H17NO. The van der Waals surface area contributed by atoms with Crippen LogP contribution in [0.2, 0.25) is 0 Å². The van der Waals surface area contributed by atoms with Gasteiger partial charge in [0, 0.05) is 5.92 Å². The number of amides is 1. The molecule has 0 unspecified atom stereocenters. The number of hydrogen-bond acceptors (Lipinski definition) is 1. The molecule has 0 aliphatic heterocycles. The van der Waals surface area contributed by atoms with E-state index in [4.69, 9.17) is 5.73 Å². The van der Waals surface area contributed by atoms with Crippen LogP contribution >= 0.6 is 0 Å². The van der Waals surface area contributed by atoms with Crippen molar-refractivity contribution in [1.29, 1.82) is 0 Å². The van der Waals surface area contributed by atoms with Gasteiger partial charge in [0.2, 0.25) is 5.91 Å². The topological polar surface area (TPSA) is 43.1 Å². The maximum Gasteiger partial charge on any atom is 0.220 e. The standard InChI is InChI=1S/C8H17NO/c1-6(7(9)10)5-8(2,3)4/h6H,5H2,1-4H3,(H2,9,10)/t6-/m1/s1. The van der Waals surface area contributed by atoms with Crippen molar-refractivity contribution in [3.63, 3.8) is 0 Å². The first kappa shape index (κ1) is 9.47. The van der Waals surface area contributed by atoms with E-state index in [0.29, 0.717) is 0 Å². The molecule has 0 fully saturated rings. The Kier molecular flexibility index (Phi) is 2.88. The summed E-state index contributed by atoms with van der Waals surface area (Å²) in [6, 6.07) is 0. The number of rotatable bonds is 2. The van der Waals surface area contributed by atoms with E-state index >= 15 is 0 Å². The summed E-state index contributed by atoms with van der Waals surface area (Å²) in [5, 5.41) is 0. The Morgan fingerprint density at radius 3 is 2.00 bits per heavy atom. The van der Waals surface area contributed by atoms with Crippen LogP contribution in [0.3, 0.4) is 0 Å². The Labute approximate surface area is 62.8 Å². The molecule has 0 rings (SSSR count). The van der Waals surface area contributed by atoms with E-state index in [2.05, 4.69) is 20.8 Å². The van der Waals surface area contributed by atoms with Gasteiger partial charge in [0.25, 0.3) is 0 Å². The van der Waals surface area contributed by atoms with E-state index in [1.165, 1.54) is 0 Å². The van der Waals surface area contributed by atoms with Crippen LogP contribution in [-0.4, -0.2) is 5.91 Å². The summed E-state index contributed by atoms with van der Waals surface area (Å²) < 4.78 is 0. The van der Waals surface area contributed by atoms with Gasteiger partial charge in [0.1, 0.15) is 0 Å². The SMILES string of the molecule is C[C@H](CC(C)(C)C)C(N)=O. The van der Waals surface area contributed by atoms with Gasteiger partial charge in [-0.25, -0.2) is 0 Å². The third-order valence-electron chi connectivity index (χ3n) is 1.40. The fourth-order valence-corrected chi connectivity index (χ4v) is 1.02. The second-order valence-electron chi connectivity index (χ2n) is 4.07. The van der Waals surface area contributed by atoms with Crippen molar-refractivity contribution in [2.45, 2.75) is 34.1 Å². The summed E-state index contributed by atoms with van der Waals surface area (Å²) in [6.45, 7) is 8.18. The third-order valence-corrected chi connectivity index (χ3v) is 1.40. The number of hydrogen-bond donors (Lipinski definition) is 1. The van der Waals surface area contributed by atoms with Crippen LogP contribution in [-0.2, 0) is 4.79 Å². The van der Waals surface area contributed by atoms with Gasteiger partial charge in [-0.1, -0.05) is 27.7 Å². The van der Waals surface area contributed by atoms with Crippen LogP contribution in [0.25, 0.3) is 0 Å². The van der Waals surface area contributed by atoms with Gasteiger partial charge in [-0.15, -0.1) is 0 Å². The molecule has 60 valence electrons. The number of carbonyl (C=O) groups is 1. The second-order valence-corrected chi connectivity index (χ2v) is 4.07. The normalized spacial score (nSPS) is 14.8. The zero-order chi connectivity index (χ0) is 8.36. The average Bonchev–Trinajstić information content (AvgIpc) is 1.60. The molecule has 0 radical (unpaired) electrons. The summed E-state index contributed by atoms with van der Waals surface area (Å²) in [5.41, 5.74) is 5.31. The van der Waals surface area contributed by atoms with Gasteiger partial charge in [-0.05, 0) is 11.8 Å². The van der Waals surface area contributed by atoms with Crippen molar-refractivity contribution in [2.75, 3.05) is 0 Å². The average molecular weight is 143 g/mol. The summed E-state index contributed by atoms with van der Waals surface area (Å²) in [4.78, 5) is 10.6. The van der Waals surface area contributed by atoms with Crippen molar-refractivity contribution >= 4 is 5.91 Å². The number of carbonyl (C=O) groups excluding carboxylic acids is 1. The molecule has 0 saturated carbocycles. The fourth-order valence-electron chi connectivity index (χ4n) is 1.02. The van der Waals surface area contributed by atoms with Gasteiger partial charge in [-0.3, -0.25) is 4.79 Å². The van der Waals surface area contributed by atoms with Crippen LogP contribution in [0.15, 0.2) is 0 Å². The lowest BCUT2D eigenvalue weighted by molar-refractivity contribution is -0.122. The highest BCUT2D eigenvalue weighted by Gasteiger charge is 2.18. The van der Waals surface area contributed by atoms with Crippen molar-refractivity contribution in [1.82, 2.24) is 0 Å². The molecule has 0 aromatic rings. The zero-order valence-electron chi connectivity index (χ0n) is 7.27. The first-order valence-electron chi connectivity index (χ1n) is 3.62. The lowest BCUT2D eigenvalue weighted by atomic mass is 9.85. The van der Waals surface area contributed by atoms with Crippen LogP contribution in [0.4, 0.5) is 0 Å². The van der Waals surface area contributed by atoms with Gasteiger partial charge < -0.3 is 5.73 Å². The van der Waals surface area contributed by atoms with E-state index in [1.807, 2.05) is 6.92 Å². The molecule has 2 N–H and O–H groups in total. The van der Waals surface area contributed by atoms with Crippen molar-refractivity contribution < 1.29 is 4.79 Å². The molecule has 10 heavy (non-hydrogen) atoms. The Morgan fingerprint density at radius 1 is 1.50 bits per heavy atom. The summed E-state index contributed by atoms with van der Waals surface area (Å²) in [7, 11) is 0. The largest absolute Gasteiger partial charge is 0.369 e. The number of nitrogens with two attached hydrogens (primary N) is 1. The van der Waals surface area contributed by atoms with Crippen molar-refractivity contribution in [3.05, 3.63) is 0 Å². The van der Waals surface area contributed by atoms with Gasteiger partial charge >= 0.3 is 0 Å². The molecule has 0 saturated heterocycles. The predicted molar refractivity (Wildman–Crippen MR) is 42.4 cm³/mol. The van der Waals surface area contributed by atoms with Crippen LogP contribution in [0.5, 0.6) is 0 Å². The summed E-state index contributed by atoms with van der Waals surface area (Å²) in [6.07, 6.45) is 0.863. The minimum absolute atomic E-state index is 0.000000000000000222. The third kappa shape index (κ3) is 4.36. The minimum Gasteiger partial charge on any atom is -0.369 e. The van der Waals surface area contributed by atoms with E-state index in [0.717, 1.165) is 6.42 Å².